The number of hydrogen-bond acceptors (Lipinski definition) is 4. The number of amides is 2. The fourth-order valence-electron chi connectivity index (χ4n) is 3.56. The summed E-state index contributed by atoms with van der Waals surface area (Å²) in [6, 6.07) is 21.7. The van der Waals surface area contributed by atoms with Crippen molar-refractivity contribution in [1.82, 2.24) is 5.32 Å². The SMILES string of the molecule is N#CC1=C(SCC(=O)Nc2ccc3ccccc3c2)NC(=O)C[C@@H]1c1ccccc1F. The molecule has 0 fully saturated rings. The smallest absolute Gasteiger partial charge is 0.234 e. The maximum Gasteiger partial charge on any atom is 0.234 e. The Morgan fingerprint density at radius 3 is 2.65 bits per heavy atom. The molecule has 1 aliphatic rings. The fraction of sp³-hybridized carbons (Fsp3) is 0.125. The number of rotatable bonds is 5. The van der Waals surface area contributed by atoms with Gasteiger partial charge in [-0.15, -0.1) is 0 Å². The number of nitrogens with one attached hydrogen (secondary N) is 2. The molecule has 154 valence electrons. The van der Waals surface area contributed by atoms with E-state index in [-0.39, 0.29) is 29.6 Å². The molecule has 1 heterocycles. The predicted molar refractivity (Wildman–Crippen MR) is 120 cm³/mol. The summed E-state index contributed by atoms with van der Waals surface area (Å²) in [6.45, 7) is 0. The van der Waals surface area contributed by atoms with Crippen LogP contribution in [0.3, 0.4) is 0 Å². The highest BCUT2D eigenvalue weighted by molar-refractivity contribution is 8.03. The molecule has 1 atom stereocenters. The molecule has 3 aromatic rings. The zero-order valence-corrected chi connectivity index (χ0v) is 17.2. The fourth-order valence-corrected chi connectivity index (χ4v) is 4.44. The summed E-state index contributed by atoms with van der Waals surface area (Å²) in [4.78, 5) is 24.7. The van der Waals surface area contributed by atoms with E-state index in [1.165, 1.54) is 6.07 Å². The Balaban J connectivity index is 1.50. The molecule has 0 saturated heterocycles. The molecule has 4 rings (SSSR count). The first-order valence-corrected chi connectivity index (χ1v) is 10.6. The van der Waals surface area contributed by atoms with E-state index in [4.69, 9.17) is 0 Å². The van der Waals surface area contributed by atoms with Crippen molar-refractivity contribution in [3.05, 3.63) is 88.7 Å². The van der Waals surface area contributed by atoms with Crippen LogP contribution >= 0.6 is 11.8 Å². The van der Waals surface area contributed by atoms with Gasteiger partial charge in [0, 0.05) is 18.0 Å². The number of benzene rings is 3. The summed E-state index contributed by atoms with van der Waals surface area (Å²) in [5, 5.41) is 17.5. The number of thioether (sulfide) groups is 1. The lowest BCUT2D eigenvalue weighted by atomic mass is 9.87. The summed E-state index contributed by atoms with van der Waals surface area (Å²) in [6.07, 6.45) is -0.0167. The van der Waals surface area contributed by atoms with E-state index in [1.807, 2.05) is 42.5 Å². The molecule has 31 heavy (non-hydrogen) atoms. The first kappa shape index (κ1) is 20.6. The van der Waals surface area contributed by atoms with Crippen LogP contribution in [0, 0.1) is 17.1 Å². The molecule has 0 unspecified atom stereocenters. The number of fused-ring (bicyclic) bond motifs is 1. The van der Waals surface area contributed by atoms with Gasteiger partial charge >= 0.3 is 0 Å². The molecule has 1 aliphatic heterocycles. The van der Waals surface area contributed by atoms with Crippen molar-refractivity contribution in [3.8, 4) is 6.07 Å². The van der Waals surface area contributed by atoms with Gasteiger partial charge < -0.3 is 10.6 Å². The number of carbonyl (C=O) groups is 2. The van der Waals surface area contributed by atoms with Gasteiger partial charge in [0.25, 0.3) is 0 Å². The first-order chi connectivity index (χ1) is 15.0. The zero-order valence-electron chi connectivity index (χ0n) is 16.4. The van der Waals surface area contributed by atoms with E-state index >= 15 is 0 Å². The third kappa shape index (κ3) is 4.60. The maximum atomic E-state index is 14.3. The highest BCUT2D eigenvalue weighted by atomic mass is 32.2. The Morgan fingerprint density at radius 2 is 1.87 bits per heavy atom. The molecule has 0 aliphatic carbocycles. The van der Waals surface area contributed by atoms with Gasteiger partial charge in [-0.1, -0.05) is 60.3 Å². The van der Waals surface area contributed by atoms with E-state index in [0.717, 1.165) is 22.5 Å². The van der Waals surface area contributed by atoms with Gasteiger partial charge in [-0.2, -0.15) is 5.26 Å². The molecule has 5 nitrogen and oxygen atoms in total. The van der Waals surface area contributed by atoms with Crippen LogP contribution in [0.4, 0.5) is 10.1 Å². The maximum absolute atomic E-state index is 14.3. The van der Waals surface area contributed by atoms with Crippen LogP contribution in [0.25, 0.3) is 10.8 Å². The largest absolute Gasteiger partial charge is 0.325 e. The van der Waals surface area contributed by atoms with Crippen LogP contribution < -0.4 is 10.6 Å². The number of nitriles is 1. The van der Waals surface area contributed by atoms with Crippen LogP contribution in [0.2, 0.25) is 0 Å². The molecule has 2 N–H and O–H groups in total. The molecule has 2 amide bonds. The summed E-state index contributed by atoms with van der Waals surface area (Å²) in [7, 11) is 0. The average Bonchev–Trinajstić information content (AvgIpc) is 2.77. The Kier molecular flexibility index (Phi) is 6.01. The van der Waals surface area contributed by atoms with E-state index in [2.05, 4.69) is 16.7 Å². The average molecular weight is 431 g/mol. The minimum Gasteiger partial charge on any atom is -0.325 e. The van der Waals surface area contributed by atoms with Gasteiger partial charge in [0.05, 0.1) is 22.4 Å². The van der Waals surface area contributed by atoms with E-state index in [0.29, 0.717) is 16.3 Å². The Hall–Kier alpha value is -3.63. The molecule has 0 bridgehead atoms. The third-order valence-electron chi connectivity index (χ3n) is 5.02. The second kappa shape index (κ2) is 9.02. The van der Waals surface area contributed by atoms with E-state index in [1.54, 1.807) is 18.2 Å². The van der Waals surface area contributed by atoms with Gasteiger partial charge in [-0.05, 0) is 34.5 Å². The Labute approximate surface area is 182 Å². The Morgan fingerprint density at radius 1 is 1.13 bits per heavy atom. The number of anilines is 1. The number of carbonyl (C=O) groups excluding carboxylic acids is 2. The molecular weight excluding hydrogens is 413 g/mol. The molecule has 0 saturated carbocycles. The van der Waals surface area contributed by atoms with Crippen LogP contribution in [0.1, 0.15) is 17.9 Å². The normalized spacial score (nSPS) is 16.0. The van der Waals surface area contributed by atoms with Crippen molar-refractivity contribution in [2.45, 2.75) is 12.3 Å². The van der Waals surface area contributed by atoms with Crippen molar-refractivity contribution < 1.29 is 14.0 Å². The summed E-state index contributed by atoms with van der Waals surface area (Å²) >= 11 is 1.06. The minimum atomic E-state index is -0.675. The van der Waals surface area contributed by atoms with E-state index < -0.39 is 11.7 Å². The highest BCUT2D eigenvalue weighted by Gasteiger charge is 2.31. The summed E-state index contributed by atoms with van der Waals surface area (Å²) in [5.74, 6) is -1.73. The lowest BCUT2D eigenvalue weighted by Gasteiger charge is -2.25. The van der Waals surface area contributed by atoms with Gasteiger partial charge in [0.1, 0.15) is 5.82 Å². The number of halogens is 1. The lowest BCUT2D eigenvalue weighted by molar-refractivity contribution is -0.121. The highest BCUT2D eigenvalue weighted by Crippen LogP contribution is 2.36. The summed E-state index contributed by atoms with van der Waals surface area (Å²) < 4.78 is 14.3. The van der Waals surface area contributed by atoms with Crippen molar-refractivity contribution in [1.29, 1.82) is 5.26 Å². The quantitative estimate of drug-likeness (QED) is 0.614. The monoisotopic (exact) mass is 431 g/mol. The van der Waals surface area contributed by atoms with Crippen LogP contribution in [0.15, 0.2) is 77.3 Å². The molecule has 3 aromatic carbocycles. The van der Waals surface area contributed by atoms with Crippen molar-refractivity contribution >= 4 is 40.0 Å². The molecule has 7 heteroatoms. The topological polar surface area (TPSA) is 82.0 Å². The number of hydrogen-bond donors (Lipinski definition) is 2. The van der Waals surface area contributed by atoms with Gasteiger partial charge in [-0.3, -0.25) is 9.59 Å². The van der Waals surface area contributed by atoms with E-state index in [9.17, 15) is 19.2 Å². The Bertz CT molecular complexity index is 1250. The standard InChI is InChI=1S/C24H18FN3O2S/c25-21-8-4-3-7-18(21)19-12-22(29)28-24(20(19)13-26)31-14-23(30)27-17-10-9-15-5-1-2-6-16(15)11-17/h1-11,19H,12,14H2,(H,27,30)(H,28,29)/t19-/m1/s1. The van der Waals surface area contributed by atoms with Crippen molar-refractivity contribution in [2.24, 2.45) is 0 Å². The molecule has 0 radical (unpaired) electrons. The van der Waals surface area contributed by atoms with Crippen LogP contribution in [-0.2, 0) is 9.59 Å². The molecule has 0 spiro atoms. The van der Waals surface area contributed by atoms with Crippen LogP contribution in [-0.4, -0.2) is 17.6 Å². The van der Waals surface area contributed by atoms with Crippen molar-refractivity contribution in [2.75, 3.05) is 11.1 Å². The third-order valence-corrected chi connectivity index (χ3v) is 6.03. The second-order valence-corrected chi connectivity index (χ2v) is 8.07. The van der Waals surface area contributed by atoms with Gasteiger partial charge in [0.2, 0.25) is 11.8 Å². The minimum absolute atomic E-state index is 0.00237. The number of allylic oxidation sites excluding steroid dienone is 1. The second-order valence-electron chi connectivity index (χ2n) is 7.08. The van der Waals surface area contributed by atoms with Crippen LogP contribution in [0.5, 0.6) is 0 Å². The summed E-state index contributed by atoms with van der Waals surface area (Å²) in [5.41, 5.74) is 1.22. The predicted octanol–water partition coefficient (Wildman–Crippen LogP) is 4.69. The zero-order chi connectivity index (χ0) is 21.8. The lowest BCUT2D eigenvalue weighted by Crippen LogP contribution is -2.31. The molecular formula is C24H18FN3O2S. The van der Waals surface area contributed by atoms with Gasteiger partial charge in [0.15, 0.2) is 0 Å². The number of nitrogens with zero attached hydrogens (tertiary/aromatic N) is 1. The van der Waals surface area contributed by atoms with Gasteiger partial charge in [-0.25, -0.2) is 4.39 Å². The van der Waals surface area contributed by atoms with Crippen molar-refractivity contribution in [3.63, 3.8) is 0 Å². The first-order valence-electron chi connectivity index (χ1n) is 9.65. The molecule has 0 aromatic heterocycles.